The van der Waals surface area contributed by atoms with Crippen LogP contribution in [0.4, 0.5) is 5.69 Å². The molecule has 0 radical (unpaired) electrons. The van der Waals surface area contributed by atoms with Crippen LogP contribution in [0.2, 0.25) is 0 Å². The molecule has 0 aromatic heterocycles. The molecule has 0 saturated heterocycles. The first-order valence-electron chi connectivity index (χ1n) is 8.61. The van der Waals surface area contributed by atoms with Gasteiger partial charge in [0.2, 0.25) is 5.91 Å². The van der Waals surface area contributed by atoms with Crippen LogP contribution in [-0.2, 0) is 14.3 Å². The number of carbonyl (C=O) groups is 3. The summed E-state index contributed by atoms with van der Waals surface area (Å²) >= 11 is 6.03. The van der Waals surface area contributed by atoms with Crippen molar-refractivity contribution in [3.63, 3.8) is 0 Å². The molecule has 1 aromatic rings. The van der Waals surface area contributed by atoms with Crippen molar-refractivity contribution in [3.05, 3.63) is 21.8 Å². The van der Waals surface area contributed by atoms with Crippen molar-refractivity contribution >= 4 is 91.3 Å². The Labute approximate surface area is 198 Å². The Kier molecular flexibility index (Phi) is 7.25. The van der Waals surface area contributed by atoms with Crippen molar-refractivity contribution < 1.29 is 23.9 Å². The Morgan fingerprint density at radius 2 is 1.26 bits per heavy atom. The van der Waals surface area contributed by atoms with Crippen LogP contribution >= 0.6 is 67.8 Å². The Morgan fingerprint density at radius 1 is 0.852 bits per heavy atom. The average Bonchev–Trinajstić information content (AvgIpc) is 3.49. The summed E-state index contributed by atoms with van der Waals surface area (Å²) in [4.78, 5) is 37.1. The van der Waals surface area contributed by atoms with Crippen LogP contribution in [0.15, 0.2) is 0 Å². The number of benzene rings is 1. The van der Waals surface area contributed by atoms with E-state index in [0.29, 0.717) is 52.6 Å². The van der Waals surface area contributed by atoms with E-state index < -0.39 is 11.9 Å². The van der Waals surface area contributed by atoms with Crippen LogP contribution in [0.3, 0.4) is 0 Å². The highest BCUT2D eigenvalue weighted by atomic mass is 127. The third-order valence-corrected chi connectivity index (χ3v) is 7.56. The predicted molar refractivity (Wildman–Crippen MR) is 125 cm³/mol. The first-order chi connectivity index (χ1) is 12.8. The van der Waals surface area contributed by atoms with Gasteiger partial charge in [0.15, 0.2) is 0 Å². The Hall–Kier alpha value is -0.180. The molecule has 9 heteroatoms. The highest BCUT2D eigenvalue weighted by molar-refractivity contribution is 14.1. The zero-order valence-corrected chi connectivity index (χ0v) is 21.0. The van der Waals surface area contributed by atoms with Gasteiger partial charge in [0.25, 0.3) is 0 Å². The molecule has 3 rings (SSSR count). The monoisotopic (exact) mass is 709 g/mol. The largest absolute Gasteiger partial charge is 0.462 e. The number of nitrogens with one attached hydrogen (secondary N) is 1. The standard InChI is InChI=1S/C18H18I3NO5/c1-8(23)22-16-14(20)11(17(24)26-6-9-2-3-9)13(19)12(15(16)21)18(25)27-7-10-4-5-10/h9-10H,2-7H2,1H3,(H,22,23). The second-order valence-electron chi connectivity index (χ2n) is 6.83. The summed E-state index contributed by atoms with van der Waals surface area (Å²) in [5, 5.41) is 2.74. The maximum Gasteiger partial charge on any atom is 0.340 e. The van der Waals surface area contributed by atoms with E-state index in [2.05, 4.69) is 5.32 Å². The lowest BCUT2D eigenvalue weighted by Crippen LogP contribution is -2.21. The van der Waals surface area contributed by atoms with Crippen molar-refractivity contribution in [2.24, 2.45) is 11.8 Å². The molecule has 0 spiro atoms. The van der Waals surface area contributed by atoms with Crippen LogP contribution in [0.1, 0.15) is 53.3 Å². The molecule has 27 heavy (non-hydrogen) atoms. The predicted octanol–water partition coefficient (Wildman–Crippen LogP) is 4.59. The van der Waals surface area contributed by atoms with Gasteiger partial charge in [-0.1, -0.05) is 0 Å². The van der Waals surface area contributed by atoms with E-state index in [0.717, 1.165) is 25.7 Å². The number of ether oxygens (including phenoxy) is 2. The van der Waals surface area contributed by atoms with Crippen molar-refractivity contribution in [2.45, 2.75) is 32.6 Å². The van der Waals surface area contributed by atoms with E-state index in [-0.39, 0.29) is 5.91 Å². The highest BCUT2D eigenvalue weighted by Crippen LogP contribution is 2.37. The smallest absolute Gasteiger partial charge is 0.340 e. The second-order valence-corrected chi connectivity index (χ2v) is 10.1. The van der Waals surface area contributed by atoms with E-state index in [9.17, 15) is 14.4 Å². The molecule has 0 bridgehead atoms. The molecule has 1 amide bonds. The fourth-order valence-corrected chi connectivity index (χ4v) is 6.73. The zero-order valence-electron chi connectivity index (χ0n) is 14.6. The molecular weight excluding hydrogens is 691 g/mol. The third kappa shape index (κ3) is 5.46. The summed E-state index contributed by atoms with van der Waals surface area (Å²) < 4.78 is 12.5. The van der Waals surface area contributed by atoms with Crippen LogP contribution in [0.5, 0.6) is 0 Å². The van der Waals surface area contributed by atoms with Crippen LogP contribution < -0.4 is 5.32 Å². The van der Waals surface area contributed by atoms with Crippen molar-refractivity contribution in [1.82, 2.24) is 0 Å². The third-order valence-electron chi connectivity index (χ3n) is 4.32. The quantitative estimate of drug-likeness (QED) is 0.331. The fraction of sp³-hybridized carbons (Fsp3) is 0.500. The topological polar surface area (TPSA) is 81.7 Å². The number of hydrogen-bond donors (Lipinski definition) is 1. The number of amides is 1. The molecule has 2 fully saturated rings. The SMILES string of the molecule is CC(=O)Nc1c(I)c(C(=O)OCC2CC2)c(I)c(C(=O)OCC2CC2)c1I. The summed E-state index contributed by atoms with van der Waals surface area (Å²) in [6.45, 7) is 2.15. The minimum Gasteiger partial charge on any atom is -0.462 e. The summed E-state index contributed by atoms with van der Waals surface area (Å²) in [5.41, 5.74) is 1.06. The number of esters is 2. The van der Waals surface area contributed by atoms with Crippen LogP contribution in [-0.4, -0.2) is 31.1 Å². The maximum absolute atomic E-state index is 12.7. The van der Waals surface area contributed by atoms with Gasteiger partial charge in [-0.15, -0.1) is 0 Å². The molecule has 2 aliphatic rings. The molecule has 0 atom stereocenters. The highest BCUT2D eigenvalue weighted by Gasteiger charge is 2.32. The summed E-state index contributed by atoms with van der Waals surface area (Å²) in [5.74, 6) is -0.358. The van der Waals surface area contributed by atoms with Gasteiger partial charge in [-0.05, 0) is 105 Å². The van der Waals surface area contributed by atoms with Gasteiger partial charge < -0.3 is 14.8 Å². The normalized spacial score (nSPS) is 16.0. The molecule has 6 nitrogen and oxygen atoms in total. The lowest BCUT2D eigenvalue weighted by molar-refractivity contribution is -0.114. The van der Waals surface area contributed by atoms with E-state index in [1.54, 1.807) is 0 Å². The first kappa shape index (κ1) is 21.5. The number of carbonyl (C=O) groups excluding carboxylic acids is 3. The van der Waals surface area contributed by atoms with Gasteiger partial charge in [-0.25, -0.2) is 9.59 Å². The van der Waals surface area contributed by atoms with Gasteiger partial charge >= 0.3 is 11.9 Å². The zero-order chi connectivity index (χ0) is 19.7. The summed E-state index contributed by atoms with van der Waals surface area (Å²) in [7, 11) is 0. The molecular formula is C18H18I3NO5. The molecule has 2 saturated carbocycles. The van der Waals surface area contributed by atoms with E-state index in [1.165, 1.54) is 6.92 Å². The van der Waals surface area contributed by atoms with Gasteiger partial charge in [-0.3, -0.25) is 4.79 Å². The maximum atomic E-state index is 12.7. The van der Waals surface area contributed by atoms with E-state index >= 15 is 0 Å². The summed E-state index contributed by atoms with van der Waals surface area (Å²) in [6.07, 6.45) is 4.29. The van der Waals surface area contributed by atoms with Crippen LogP contribution in [0, 0.1) is 22.5 Å². The fourth-order valence-electron chi connectivity index (χ4n) is 2.41. The minimum atomic E-state index is -0.477. The Balaban J connectivity index is 1.98. The number of rotatable bonds is 7. The number of anilines is 1. The van der Waals surface area contributed by atoms with Gasteiger partial charge in [0.05, 0.1) is 37.2 Å². The minimum absolute atomic E-state index is 0.276. The van der Waals surface area contributed by atoms with Gasteiger partial charge in [0, 0.05) is 10.5 Å². The van der Waals surface area contributed by atoms with Crippen LogP contribution in [0.25, 0.3) is 0 Å². The molecule has 146 valence electrons. The molecule has 0 unspecified atom stereocenters. The van der Waals surface area contributed by atoms with Crippen molar-refractivity contribution in [2.75, 3.05) is 18.5 Å². The summed E-state index contributed by atoms with van der Waals surface area (Å²) in [6, 6.07) is 0. The Bertz CT molecular complexity index is 748. The molecule has 0 aliphatic heterocycles. The molecule has 0 heterocycles. The van der Waals surface area contributed by atoms with E-state index in [1.807, 2.05) is 67.8 Å². The van der Waals surface area contributed by atoms with Gasteiger partial charge in [-0.2, -0.15) is 0 Å². The van der Waals surface area contributed by atoms with Crippen molar-refractivity contribution in [1.29, 1.82) is 0 Å². The average molecular weight is 709 g/mol. The molecule has 2 aliphatic carbocycles. The number of halogens is 3. The Morgan fingerprint density at radius 3 is 1.59 bits per heavy atom. The first-order valence-corrected chi connectivity index (χ1v) is 11.9. The van der Waals surface area contributed by atoms with Gasteiger partial charge in [0.1, 0.15) is 0 Å². The second kappa shape index (κ2) is 9.09. The lowest BCUT2D eigenvalue weighted by atomic mass is 10.1. The molecule has 1 N–H and O–H groups in total. The lowest BCUT2D eigenvalue weighted by Gasteiger charge is -2.18. The molecule has 1 aromatic carbocycles. The van der Waals surface area contributed by atoms with E-state index in [4.69, 9.17) is 9.47 Å². The van der Waals surface area contributed by atoms with Crippen molar-refractivity contribution in [3.8, 4) is 0 Å². The number of hydrogen-bond acceptors (Lipinski definition) is 5.